The van der Waals surface area contributed by atoms with Crippen molar-refractivity contribution in [1.29, 1.82) is 0 Å². The van der Waals surface area contributed by atoms with Crippen molar-refractivity contribution in [2.24, 2.45) is 4.99 Å². The number of carbonyl (C=O) groups excluding carboxylic acids is 1. The second-order valence-corrected chi connectivity index (χ2v) is 7.03. The summed E-state index contributed by atoms with van der Waals surface area (Å²) in [6.45, 7) is 6.47. The second kappa shape index (κ2) is 6.64. The number of ketones is 1. The van der Waals surface area contributed by atoms with Gasteiger partial charge in [-0.1, -0.05) is 23.5 Å². The van der Waals surface area contributed by atoms with Gasteiger partial charge in [-0.2, -0.15) is 11.3 Å². The summed E-state index contributed by atoms with van der Waals surface area (Å²) in [5.41, 5.74) is 4.33. The largest absolute Gasteiger partial charge is 0.321 e. The number of aromatic nitrogens is 1. The first-order valence-electron chi connectivity index (χ1n) is 7.48. The zero-order valence-corrected chi connectivity index (χ0v) is 15.0. The molecule has 3 rings (SSSR count). The Labute approximate surface area is 143 Å². The second-order valence-electron chi connectivity index (χ2n) is 5.27. The number of thiazole rings is 1. The number of rotatable bonds is 4. The Bertz CT molecular complexity index is 884. The molecule has 0 aliphatic rings. The number of carbonyl (C=O) groups is 1. The van der Waals surface area contributed by atoms with Crippen LogP contribution < -0.4 is 4.80 Å². The van der Waals surface area contributed by atoms with E-state index in [2.05, 4.69) is 40.5 Å². The molecule has 0 fully saturated rings. The van der Waals surface area contributed by atoms with Crippen LogP contribution in [0.25, 0.3) is 11.1 Å². The fraction of sp³-hybridized carbons (Fsp3) is 0.222. The lowest BCUT2D eigenvalue weighted by molar-refractivity contribution is 0.102. The molecule has 2 heterocycles. The van der Waals surface area contributed by atoms with Crippen molar-refractivity contribution in [3.63, 3.8) is 0 Å². The van der Waals surface area contributed by atoms with Gasteiger partial charge in [0.15, 0.2) is 10.6 Å². The first kappa shape index (κ1) is 15.9. The average molecular weight is 342 g/mol. The van der Waals surface area contributed by atoms with Gasteiger partial charge >= 0.3 is 0 Å². The lowest BCUT2D eigenvalue weighted by Crippen LogP contribution is -2.14. The Morgan fingerprint density at radius 3 is 2.48 bits per heavy atom. The van der Waals surface area contributed by atoms with Crippen LogP contribution in [0.1, 0.15) is 29.2 Å². The van der Waals surface area contributed by atoms with E-state index in [9.17, 15) is 4.79 Å². The number of nitrogens with zero attached hydrogens (tertiary/aromatic N) is 2. The van der Waals surface area contributed by atoms with Crippen LogP contribution in [0.3, 0.4) is 0 Å². The first-order chi connectivity index (χ1) is 11.1. The summed E-state index contributed by atoms with van der Waals surface area (Å²) < 4.78 is 2.09. The number of thiophene rings is 1. The standard InChI is InChI=1S/C18H18N2OS2/c1-4-20-12(2)17(13(3)21)23-18(20)19-16-7-5-14(6-8-16)15-9-10-22-11-15/h5-11H,4H2,1-3H3. The van der Waals surface area contributed by atoms with Gasteiger partial charge in [0, 0.05) is 19.2 Å². The molecule has 0 saturated carbocycles. The van der Waals surface area contributed by atoms with Crippen molar-refractivity contribution in [2.75, 3.05) is 0 Å². The highest BCUT2D eigenvalue weighted by atomic mass is 32.1. The van der Waals surface area contributed by atoms with Gasteiger partial charge < -0.3 is 4.57 Å². The van der Waals surface area contributed by atoms with E-state index in [4.69, 9.17) is 4.99 Å². The highest BCUT2D eigenvalue weighted by Gasteiger charge is 2.12. The molecule has 3 aromatic rings. The molecule has 3 nitrogen and oxygen atoms in total. The first-order valence-corrected chi connectivity index (χ1v) is 9.24. The zero-order chi connectivity index (χ0) is 16.4. The van der Waals surface area contributed by atoms with E-state index in [0.29, 0.717) is 0 Å². The minimum Gasteiger partial charge on any atom is -0.321 e. The smallest absolute Gasteiger partial charge is 0.190 e. The van der Waals surface area contributed by atoms with E-state index in [1.54, 1.807) is 18.3 Å². The third-order valence-corrected chi connectivity index (χ3v) is 5.70. The third-order valence-electron chi connectivity index (χ3n) is 3.74. The van der Waals surface area contributed by atoms with Gasteiger partial charge in [0.25, 0.3) is 0 Å². The van der Waals surface area contributed by atoms with E-state index in [0.717, 1.165) is 27.6 Å². The molecule has 0 aliphatic heterocycles. The Kier molecular flexibility index (Phi) is 4.59. The van der Waals surface area contributed by atoms with Gasteiger partial charge in [-0.3, -0.25) is 4.79 Å². The Morgan fingerprint density at radius 1 is 1.17 bits per heavy atom. The molecule has 118 valence electrons. The molecule has 0 atom stereocenters. The molecule has 0 radical (unpaired) electrons. The molecule has 1 aromatic carbocycles. The molecule has 0 aliphatic carbocycles. The SMILES string of the molecule is CCn1c(C)c(C(C)=O)sc1=Nc1ccc(-c2ccsc2)cc1. The van der Waals surface area contributed by atoms with Crippen molar-refractivity contribution >= 4 is 34.1 Å². The van der Waals surface area contributed by atoms with Crippen molar-refractivity contribution in [1.82, 2.24) is 4.57 Å². The van der Waals surface area contributed by atoms with Crippen LogP contribution in [0, 0.1) is 6.92 Å². The molecule has 0 N–H and O–H groups in total. The molecule has 0 spiro atoms. The van der Waals surface area contributed by atoms with E-state index in [-0.39, 0.29) is 5.78 Å². The van der Waals surface area contributed by atoms with E-state index >= 15 is 0 Å². The van der Waals surface area contributed by atoms with Crippen LogP contribution in [-0.4, -0.2) is 10.4 Å². The van der Waals surface area contributed by atoms with Crippen LogP contribution in [0.2, 0.25) is 0 Å². The highest BCUT2D eigenvalue weighted by Crippen LogP contribution is 2.24. The lowest BCUT2D eigenvalue weighted by Gasteiger charge is -2.02. The summed E-state index contributed by atoms with van der Waals surface area (Å²) in [6.07, 6.45) is 0. The van der Waals surface area contributed by atoms with Gasteiger partial charge in [0.1, 0.15) is 0 Å². The van der Waals surface area contributed by atoms with Gasteiger partial charge in [0.05, 0.1) is 10.6 Å². The van der Waals surface area contributed by atoms with Gasteiger partial charge in [0.2, 0.25) is 0 Å². The van der Waals surface area contributed by atoms with Crippen molar-refractivity contribution < 1.29 is 4.79 Å². The van der Waals surface area contributed by atoms with Crippen LogP contribution in [0.5, 0.6) is 0 Å². The molecule has 0 unspecified atom stereocenters. The number of hydrogen-bond donors (Lipinski definition) is 0. The monoisotopic (exact) mass is 342 g/mol. The van der Waals surface area contributed by atoms with E-state index in [1.807, 2.05) is 19.1 Å². The minimum absolute atomic E-state index is 0.101. The molecule has 0 amide bonds. The third kappa shape index (κ3) is 3.21. The summed E-state index contributed by atoms with van der Waals surface area (Å²) >= 11 is 3.16. The lowest BCUT2D eigenvalue weighted by atomic mass is 10.1. The Hall–Kier alpha value is -1.98. The topological polar surface area (TPSA) is 34.4 Å². The van der Waals surface area contributed by atoms with Crippen molar-refractivity contribution in [3.05, 3.63) is 56.5 Å². The molecule has 2 aromatic heterocycles. The minimum atomic E-state index is 0.101. The molecular weight excluding hydrogens is 324 g/mol. The van der Waals surface area contributed by atoms with Crippen LogP contribution in [-0.2, 0) is 6.54 Å². The van der Waals surface area contributed by atoms with E-state index < -0.39 is 0 Å². The summed E-state index contributed by atoms with van der Waals surface area (Å²) in [5.74, 6) is 0.101. The fourth-order valence-electron chi connectivity index (χ4n) is 2.54. The molecule has 0 saturated heterocycles. The average Bonchev–Trinajstić information content (AvgIpc) is 3.16. The number of benzene rings is 1. The fourth-order valence-corrected chi connectivity index (χ4v) is 4.31. The summed E-state index contributed by atoms with van der Waals surface area (Å²) in [5, 5.41) is 4.22. The molecular formula is C18H18N2OS2. The maximum absolute atomic E-state index is 11.7. The van der Waals surface area contributed by atoms with Crippen molar-refractivity contribution in [3.8, 4) is 11.1 Å². The quantitative estimate of drug-likeness (QED) is 0.612. The predicted octanol–water partition coefficient (Wildman–Crippen LogP) is 5.04. The van der Waals surface area contributed by atoms with Crippen LogP contribution in [0.15, 0.2) is 46.1 Å². The van der Waals surface area contributed by atoms with Crippen LogP contribution in [0.4, 0.5) is 5.69 Å². The van der Waals surface area contributed by atoms with Gasteiger partial charge in [-0.05, 0) is 53.9 Å². The highest BCUT2D eigenvalue weighted by molar-refractivity contribution is 7.11. The predicted molar refractivity (Wildman–Crippen MR) is 97.7 cm³/mol. The Balaban J connectivity index is 2.02. The zero-order valence-electron chi connectivity index (χ0n) is 13.4. The normalized spacial score (nSPS) is 11.9. The maximum atomic E-state index is 11.7. The number of Topliss-reactive ketones (excluding diaryl/α,β-unsaturated/α-hetero) is 1. The number of hydrogen-bond acceptors (Lipinski definition) is 4. The summed E-state index contributed by atoms with van der Waals surface area (Å²) in [6, 6.07) is 10.3. The molecule has 0 bridgehead atoms. The summed E-state index contributed by atoms with van der Waals surface area (Å²) in [4.78, 5) is 18.1. The Morgan fingerprint density at radius 2 is 1.91 bits per heavy atom. The summed E-state index contributed by atoms with van der Waals surface area (Å²) in [7, 11) is 0. The van der Waals surface area contributed by atoms with Crippen LogP contribution >= 0.6 is 22.7 Å². The molecule has 23 heavy (non-hydrogen) atoms. The van der Waals surface area contributed by atoms with Crippen molar-refractivity contribution in [2.45, 2.75) is 27.3 Å². The van der Waals surface area contributed by atoms with Gasteiger partial charge in [-0.15, -0.1) is 0 Å². The van der Waals surface area contributed by atoms with Gasteiger partial charge in [-0.25, -0.2) is 4.99 Å². The molecule has 5 heteroatoms. The van der Waals surface area contributed by atoms with E-state index in [1.165, 1.54) is 22.5 Å². The maximum Gasteiger partial charge on any atom is 0.190 e.